The van der Waals surface area contributed by atoms with Gasteiger partial charge < -0.3 is 10.6 Å². The van der Waals surface area contributed by atoms with Gasteiger partial charge in [0.05, 0.1) is 6.42 Å². The third-order valence-electron chi connectivity index (χ3n) is 2.05. The molecule has 82 valence electrons. The Morgan fingerprint density at radius 2 is 1.87 bits per heavy atom. The van der Waals surface area contributed by atoms with Gasteiger partial charge in [0, 0.05) is 18.8 Å². The van der Waals surface area contributed by atoms with E-state index in [1.54, 1.807) is 7.05 Å². The largest absolute Gasteiger partial charge is 0.383 e. The first-order valence-electron chi connectivity index (χ1n) is 5.18. The second-order valence-corrected chi connectivity index (χ2v) is 3.85. The summed E-state index contributed by atoms with van der Waals surface area (Å²) in [7, 11) is 1.65. The van der Waals surface area contributed by atoms with Gasteiger partial charge in [-0.15, -0.1) is 0 Å². The SMILES string of the molecule is CNC(=O)Cc1ccc(NC(C)C)cc1. The third kappa shape index (κ3) is 4.02. The average Bonchev–Trinajstić information content (AvgIpc) is 2.20. The van der Waals surface area contributed by atoms with E-state index in [2.05, 4.69) is 24.5 Å². The minimum absolute atomic E-state index is 0.0413. The lowest BCUT2D eigenvalue weighted by molar-refractivity contribution is -0.119. The van der Waals surface area contributed by atoms with Crippen LogP contribution in [0.5, 0.6) is 0 Å². The molecule has 0 saturated carbocycles. The standard InChI is InChI=1S/C12H18N2O/c1-9(2)14-11-6-4-10(5-7-11)8-12(15)13-3/h4-7,9,14H,8H2,1-3H3,(H,13,15). The second kappa shape index (κ2) is 5.39. The van der Waals surface area contributed by atoms with Crippen molar-refractivity contribution in [2.45, 2.75) is 26.3 Å². The van der Waals surface area contributed by atoms with Crippen molar-refractivity contribution >= 4 is 11.6 Å². The summed E-state index contributed by atoms with van der Waals surface area (Å²) in [6, 6.07) is 8.37. The second-order valence-electron chi connectivity index (χ2n) is 3.85. The minimum atomic E-state index is 0.0413. The quantitative estimate of drug-likeness (QED) is 0.788. The summed E-state index contributed by atoms with van der Waals surface area (Å²) in [6.45, 7) is 4.19. The summed E-state index contributed by atoms with van der Waals surface area (Å²) >= 11 is 0. The molecule has 0 atom stereocenters. The zero-order chi connectivity index (χ0) is 11.3. The third-order valence-corrected chi connectivity index (χ3v) is 2.05. The molecule has 3 heteroatoms. The van der Waals surface area contributed by atoms with Crippen LogP contribution in [0.4, 0.5) is 5.69 Å². The normalized spacial score (nSPS) is 10.1. The molecule has 0 radical (unpaired) electrons. The Balaban J connectivity index is 2.60. The van der Waals surface area contributed by atoms with E-state index < -0.39 is 0 Å². The maximum atomic E-state index is 11.1. The number of rotatable bonds is 4. The first-order chi connectivity index (χ1) is 7.11. The fourth-order valence-corrected chi connectivity index (χ4v) is 1.33. The molecule has 1 aromatic carbocycles. The lowest BCUT2D eigenvalue weighted by atomic mass is 10.1. The molecule has 15 heavy (non-hydrogen) atoms. The smallest absolute Gasteiger partial charge is 0.224 e. The number of likely N-dealkylation sites (N-methyl/N-ethyl adjacent to an activating group) is 1. The van der Waals surface area contributed by atoms with E-state index in [1.807, 2.05) is 24.3 Å². The predicted octanol–water partition coefficient (Wildman–Crippen LogP) is 1.80. The highest BCUT2D eigenvalue weighted by molar-refractivity contribution is 5.78. The maximum absolute atomic E-state index is 11.1. The molecule has 1 aromatic rings. The molecule has 0 unspecified atom stereocenters. The number of carbonyl (C=O) groups excluding carboxylic acids is 1. The number of hydrogen-bond acceptors (Lipinski definition) is 2. The van der Waals surface area contributed by atoms with Gasteiger partial charge in [0.2, 0.25) is 5.91 Å². The molecule has 1 amide bonds. The summed E-state index contributed by atoms with van der Waals surface area (Å²) < 4.78 is 0. The number of nitrogens with one attached hydrogen (secondary N) is 2. The Labute approximate surface area is 90.9 Å². The van der Waals surface area contributed by atoms with Crippen LogP contribution >= 0.6 is 0 Å². The average molecular weight is 206 g/mol. The molecular formula is C12H18N2O. The Morgan fingerprint density at radius 3 is 2.33 bits per heavy atom. The van der Waals surface area contributed by atoms with E-state index in [0.717, 1.165) is 11.3 Å². The first kappa shape index (κ1) is 11.6. The van der Waals surface area contributed by atoms with Crippen molar-refractivity contribution in [2.75, 3.05) is 12.4 Å². The van der Waals surface area contributed by atoms with Gasteiger partial charge in [-0.2, -0.15) is 0 Å². The Bertz CT molecular complexity index is 317. The van der Waals surface area contributed by atoms with Crippen LogP contribution in [0.1, 0.15) is 19.4 Å². The molecule has 0 heterocycles. The lowest BCUT2D eigenvalue weighted by Gasteiger charge is -2.10. The zero-order valence-electron chi connectivity index (χ0n) is 9.50. The maximum Gasteiger partial charge on any atom is 0.224 e. The monoisotopic (exact) mass is 206 g/mol. The summed E-state index contributed by atoms with van der Waals surface area (Å²) in [5, 5.41) is 5.90. The molecule has 2 N–H and O–H groups in total. The van der Waals surface area contributed by atoms with Gasteiger partial charge >= 0.3 is 0 Å². The van der Waals surface area contributed by atoms with E-state index in [0.29, 0.717) is 12.5 Å². The van der Waals surface area contributed by atoms with Gasteiger partial charge in [0.1, 0.15) is 0 Å². The summed E-state index contributed by atoms with van der Waals surface area (Å²) in [5.74, 6) is 0.0413. The fraction of sp³-hybridized carbons (Fsp3) is 0.417. The van der Waals surface area contributed by atoms with Crippen molar-refractivity contribution in [1.29, 1.82) is 0 Å². The molecule has 0 saturated heterocycles. The molecule has 0 spiro atoms. The number of hydrogen-bond donors (Lipinski definition) is 2. The summed E-state index contributed by atoms with van der Waals surface area (Å²) in [6.07, 6.45) is 0.443. The van der Waals surface area contributed by atoms with Gasteiger partial charge in [0.25, 0.3) is 0 Å². The molecule has 0 bridgehead atoms. The zero-order valence-corrected chi connectivity index (χ0v) is 9.50. The van der Waals surface area contributed by atoms with Crippen molar-refractivity contribution in [3.8, 4) is 0 Å². The molecule has 3 nitrogen and oxygen atoms in total. The Kier molecular flexibility index (Phi) is 4.16. The van der Waals surface area contributed by atoms with Crippen molar-refractivity contribution in [2.24, 2.45) is 0 Å². The van der Waals surface area contributed by atoms with Crippen molar-refractivity contribution < 1.29 is 4.79 Å². The van der Waals surface area contributed by atoms with Crippen LogP contribution in [-0.2, 0) is 11.2 Å². The van der Waals surface area contributed by atoms with E-state index in [4.69, 9.17) is 0 Å². The van der Waals surface area contributed by atoms with E-state index in [1.165, 1.54) is 0 Å². The van der Waals surface area contributed by atoms with Crippen molar-refractivity contribution in [1.82, 2.24) is 5.32 Å². The van der Waals surface area contributed by atoms with Crippen LogP contribution in [-0.4, -0.2) is 19.0 Å². The minimum Gasteiger partial charge on any atom is -0.383 e. The molecular weight excluding hydrogens is 188 g/mol. The fourth-order valence-electron chi connectivity index (χ4n) is 1.33. The molecule has 0 aliphatic carbocycles. The summed E-state index contributed by atoms with van der Waals surface area (Å²) in [4.78, 5) is 11.1. The van der Waals surface area contributed by atoms with Crippen LogP contribution in [0.25, 0.3) is 0 Å². The molecule has 0 aromatic heterocycles. The topological polar surface area (TPSA) is 41.1 Å². The Hall–Kier alpha value is -1.51. The molecule has 1 rings (SSSR count). The Morgan fingerprint density at radius 1 is 1.27 bits per heavy atom. The van der Waals surface area contributed by atoms with Crippen LogP contribution in [0, 0.1) is 0 Å². The van der Waals surface area contributed by atoms with Gasteiger partial charge in [-0.05, 0) is 31.5 Å². The van der Waals surface area contributed by atoms with E-state index in [-0.39, 0.29) is 5.91 Å². The molecule has 0 aliphatic heterocycles. The first-order valence-corrected chi connectivity index (χ1v) is 5.18. The van der Waals surface area contributed by atoms with Crippen molar-refractivity contribution in [3.05, 3.63) is 29.8 Å². The lowest BCUT2D eigenvalue weighted by Crippen LogP contribution is -2.19. The molecule has 0 aliphatic rings. The van der Waals surface area contributed by atoms with Crippen LogP contribution < -0.4 is 10.6 Å². The highest BCUT2D eigenvalue weighted by Gasteiger charge is 2.00. The number of benzene rings is 1. The van der Waals surface area contributed by atoms with Crippen LogP contribution in [0.3, 0.4) is 0 Å². The highest BCUT2D eigenvalue weighted by Crippen LogP contribution is 2.10. The number of anilines is 1. The van der Waals surface area contributed by atoms with Crippen LogP contribution in [0.15, 0.2) is 24.3 Å². The van der Waals surface area contributed by atoms with Crippen molar-refractivity contribution in [3.63, 3.8) is 0 Å². The van der Waals surface area contributed by atoms with Gasteiger partial charge in [-0.3, -0.25) is 4.79 Å². The molecule has 0 fully saturated rings. The van der Waals surface area contributed by atoms with Gasteiger partial charge in [-0.25, -0.2) is 0 Å². The number of carbonyl (C=O) groups is 1. The summed E-state index contributed by atoms with van der Waals surface area (Å²) in [5.41, 5.74) is 2.12. The van der Waals surface area contributed by atoms with E-state index >= 15 is 0 Å². The van der Waals surface area contributed by atoms with E-state index in [9.17, 15) is 4.79 Å². The van der Waals surface area contributed by atoms with Gasteiger partial charge in [0.15, 0.2) is 0 Å². The predicted molar refractivity (Wildman–Crippen MR) is 63.0 cm³/mol. The van der Waals surface area contributed by atoms with Crippen LogP contribution in [0.2, 0.25) is 0 Å². The highest BCUT2D eigenvalue weighted by atomic mass is 16.1. The van der Waals surface area contributed by atoms with Gasteiger partial charge in [-0.1, -0.05) is 12.1 Å². The number of amides is 1.